The molecule has 0 fully saturated rings. The zero-order chi connectivity index (χ0) is 21.1. The van der Waals surface area contributed by atoms with Crippen molar-refractivity contribution in [2.75, 3.05) is 10.0 Å². The first kappa shape index (κ1) is 21.6. The van der Waals surface area contributed by atoms with Crippen LogP contribution in [0.3, 0.4) is 0 Å². The summed E-state index contributed by atoms with van der Waals surface area (Å²) in [6, 6.07) is 9.86. The second-order valence-corrected chi connectivity index (χ2v) is 11.9. The molecular formula is C16H18N6O3S4. The Bertz CT molecular complexity index is 1090. The first-order valence-electron chi connectivity index (χ1n) is 8.31. The van der Waals surface area contributed by atoms with E-state index in [-0.39, 0.29) is 20.5 Å². The van der Waals surface area contributed by atoms with Crippen molar-refractivity contribution in [3.63, 3.8) is 0 Å². The van der Waals surface area contributed by atoms with E-state index in [2.05, 4.69) is 30.4 Å². The molecule has 154 valence electrons. The molecule has 2 N–H and O–H groups in total. The predicted molar refractivity (Wildman–Crippen MR) is 115 cm³/mol. The number of carbonyl (C=O) groups excluding carboxylic acids is 1. The first-order valence-corrected chi connectivity index (χ1v) is 12.4. The third-order valence-corrected chi connectivity index (χ3v) is 8.09. The maximum atomic E-state index is 12.5. The van der Waals surface area contributed by atoms with Crippen molar-refractivity contribution in [2.24, 2.45) is 5.41 Å². The van der Waals surface area contributed by atoms with E-state index in [9.17, 15) is 13.2 Å². The molecule has 2 heterocycles. The molecule has 3 rings (SSSR count). The maximum absolute atomic E-state index is 12.5. The molecule has 3 aromatic rings. The third-order valence-electron chi connectivity index (χ3n) is 3.37. The van der Waals surface area contributed by atoms with Crippen molar-refractivity contribution >= 4 is 60.6 Å². The number of aromatic nitrogens is 4. The van der Waals surface area contributed by atoms with Crippen LogP contribution in [-0.4, -0.2) is 34.7 Å². The summed E-state index contributed by atoms with van der Waals surface area (Å²) in [5.41, 5.74) is 0.497. The summed E-state index contributed by atoms with van der Waals surface area (Å²) in [5.74, 6) is 0.421. The Morgan fingerprint density at radius 2 is 1.72 bits per heavy atom. The van der Waals surface area contributed by atoms with Crippen LogP contribution >= 0.6 is 34.4 Å². The van der Waals surface area contributed by atoms with Gasteiger partial charge in [-0.15, -0.1) is 20.4 Å². The van der Waals surface area contributed by atoms with Gasteiger partial charge in [0.15, 0.2) is 4.34 Å². The number of hydrogen-bond donors (Lipinski definition) is 2. The minimum absolute atomic E-state index is 0.113. The van der Waals surface area contributed by atoms with E-state index in [1.165, 1.54) is 11.8 Å². The van der Waals surface area contributed by atoms with E-state index in [0.717, 1.165) is 28.2 Å². The molecule has 1 amide bonds. The van der Waals surface area contributed by atoms with E-state index in [1.807, 2.05) is 30.3 Å². The highest BCUT2D eigenvalue weighted by Gasteiger charge is 2.26. The van der Waals surface area contributed by atoms with Crippen molar-refractivity contribution in [3.8, 4) is 0 Å². The van der Waals surface area contributed by atoms with Gasteiger partial charge in [-0.25, -0.2) is 0 Å². The monoisotopic (exact) mass is 470 g/mol. The lowest BCUT2D eigenvalue weighted by atomic mass is 9.96. The fraction of sp³-hybridized carbons (Fsp3) is 0.312. The van der Waals surface area contributed by atoms with E-state index in [1.54, 1.807) is 20.8 Å². The molecule has 2 aromatic heterocycles. The number of amides is 1. The fourth-order valence-corrected chi connectivity index (χ4v) is 5.68. The molecule has 1 aromatic carbocycles. The Labute approximate surface area is 180 Å². The summed E-state index contributed by atoms with van der Waals surface area (Å²) in [5, 5.41) is 18.1. The highest BCUT2D eigenvalue weighted by atomic mass is 32.2. The Balaban J connectivity index is 1.63. The Morgan fingerprint density at radius 3 is 2.41 bits per heavy atom. The number of nitrogens with one attached hydrogen (secondary N) is 2. The van der Waals surface area contributed by atoms with Crippen LogP contribution in [-0.2, 0) is 20.6 Å². The van der Waals surface area contributed by atoms with Crippen molar-refractivity contribution in [1.82, 2.24) is 20.4 Å². The van der Waals surface area contributed by atoms with Gasteiger partial charge in [0.05, 0.1) is 0 Å². The van der Waals surface area contributed by atoms with Crippen LogP contribution in [0, 0.1) is 5.41 Å². The van der Waals surface area contributed by atoms with Gasteiger partial charge in [-0.05, 0) is 5.56 Å². The number of nitrogens with zero attached hydrogens (tertiary/aromatic N) is 4. The molecule has 0 unspecified atom stereocenters. The molecule has 9 nitrogen and oxygen atoms in total. The first-order chi connectivity index (χ1) is 13.6. The van der Waals surface area contributed by atoms with Gasteiger partial charge in [-0.2, -0.15) is 8.42 Å². The normalized spacial score (nSPS) is 12.0. The third kappa shape index (κ3) is 5.95. The van der Waals surface area contributed by atoms with E-state index < -0.39 is 15.4 Å². The van der Waals surface area contributed by atoms with Crippen LogP contribution < -0.4 is 10.0 Å². The fourth-order valence-electron chi connectivity index (χ4n) is 1.84. The summed E-state index contributed by atoms with van der Waals surface area (Å²) in [7, 11) is -3.98. The van der Waals surface area contributed by atoms with Crippen LogP contribution in [0.25, 0.3) is 0 Å². The molecule has 0 atom stereocenters. The maximum Gasteiger partial charge on any atom is 0.293 e. The zero-order valence-electron chi connectivity index (χ0n) is 15.7. The highest BCUT2D eigenvalue weighted by molar-refractivity contribution is 8.00. The summed E-state index contributed by atoms with van der Waals surface area (Å²) < 4.78 is 27.7. The smallest absolute Gasteiger partial charge is 0.293 e. The Morgan fingerprint density at radius 1 is 1.03 bits per heavy atom. The topological polar surface area (TPSA) is 127 Å². The summed E-state index contributed by atoms with van der Waals surface area (Å²) in [4.78, 5) is 12.0. The van der Waals surface area contributed by atoms with Crippen molar-refractivity contribution in [1.29, 1.82) is 0 Å². The molecule has 0 saturated carbocycles. The molecule has 0 aliphatic rings. The number of hydrogen-bond acceptors (Lipinski definition) is 10. The average molecular weight is 471 g/mol. The molecule has 13 heteroatoms. The molecule has 0 saturated heterocycles. The van der Waals surface area contributed by atoms with Crippen LogP contribution in [0.4, 0.5) is 10.3 Å². The standard InChI is InChI=1S/C16H18N6O3S4/c1-16(2,3)11(23)17-12-18-21-15(28-12)29(24,25)22-13-19-20-14(27-13)26-9-10-7-5-4-6-8-10/h4-8H,9H2,1-3H3,(H,19,22)(H,17,18,23). The van der Waals surface area contributed by atoms with Crippen LogP contribution in [0.15, 0.2) is 39.0 Å². The molecular weight excluding hydrogens is 452 g/mol. The average Bonchev–Trinajstić information content (AvgIpc) is 3.29. The summed E-state index contributed by atoms with van der Waals surface area (Å²) in [6.07, 6.45) is 0. The molecule has 0 bridgehead atoms. The lowest BCUT2D eigenvalue weighted by Gasteiger charge is -2.15. The lowest BCUT2D eigenvalue weighted by molar-refractivity contribution is -0.123. The van der Waals surface area contributed by atoms with Gasteiger partial charge in [-0.3, -0.25) is 9.52 Å². The van der Waals surface area contributed by atoms with Gasteiger partial charge in [0, 0.05) is 11.2 Å². The number of anilines is 2. The molecule has 0 aliphatic carbocycles. The quantitative estimate of drug-likeness (QED) is 0.397. The molecule has 0 spiro atoms. The van der Waals surface area contributed by atoms with Crippen molar-refractivity contribution in [2.45, 2.75) is 35.2 Å². The minimum atomic E-state index is -3.98. The molecule has 0 aliphatic heterocycles. The van der Waals surface area contributed by atoms with E-state index >= 15 is 0 Å². The van der Waals surface area contributed by atoms with Gasteiger partial charge in [0.1, 0.15) is 0 Å². The Hall–Kier alpha value is -2.09. The van der Waals surface area contributed by atoms with Gasteiger partial charge >= 0.3 is 0 Å². The van der Waals surface area contributed by atoms with Crippen molar-refractivity contribution in [3.05, 3.63) is 35.9 Å². The van der Waals surface area contributed by atoms with E-state index in [4.69, 9.17) is 0 Å². The van der Waals surface area contributed by atoms with Gasteiger partial charge in [0.25, 0.3) is 14.4 Å². The summed E-state index contributed by atoms with van der Waals surface area (Å²) in [6.45, 7) is 5.22. The van der Waals surface area contributed by atoms with Crippen LogP contribution in [0.2, 0.25) is 0 Å². The predicted octanol–water partition coefficient (Wildman–Crippen LogP) is 3.47. The number of benzene rings is 1. The molecule has 0 radical (unpaired) electrons. The van der Waals surface area contributed by atoms with E-state index in [0.29, 0.717) is 10.1 Å². The number of rotatable bonds is 7. The largest absolute Gasteiger partial charge is 0.300 e. The highest BCUT2D eigenvalue weighted by Crippen LogP contribution is 2.30. The van der Waals surface area contributed by atoms with Crippen LogP contribution in [0.5, 0.6) is 0 Å². The zero-order valence-corrected chi connectivity index (χ0v) is 19.0. The number of thioether (sulfide) groups is 1. The minimum Gasteiger partial charge on any atom is -0.300 e. The second-order valence-electron chi connectivity index (χ2n) is 6.83. The van der Waals surface area contributed by atoms with Gasteiger partial charge in [0.2, 0.25) is 16.2 Å². The SMILES string of the molecule is CC(C)(C)C(=O)Nc1nnc(S(=O)(=O)Nc2nnc(SCc3ccccc3)s2)s1. The van der Waals surface area contributed by atoms with Crippen molar-refractivity contribution < 1.29 is 13.2 Å². The summed E-state index contributed by atoms with van der Waals surface area (Å²) >= 11 is 3.36. The molecule has 29 heavy (non-hydrogen) atoms. The van der Waals surface area contributed by atoms with Gasteiger partial charge < -0.3 is 5.32 Å². The second kappa shape index (κ2) is 8.73. The van der Waals surface area contributed by atoms with Gasteiger partial charge in [-0.1, -0.05) is 85.5 Å². The lowest BCUT2D eigenvalue weighted by Crippen LogP contribution is -2.27. The Kier molecular flexibility index (Phi) is 6.51. The van der Waals surface area contributed by atoms with Crippen LogP contribution in [0.1, 0.15) is 26.3 Å². The number of carbonyl (C=O) groups is 1. The number of sulfonamides is 1.